The van der Waals surface area contributed by atoms with Crippen LogP contribution in [0.15, 0.2) is 60.3 Å². The van der Waals surface area contributed by atoms with Crippen LogP contribution in [0.5, 0.6) is 0 Å². The van der Waals surface area contributed by atoms with Gasteiger partial charge < -0.3 is 38.9 Å². The topological polar surface area (TPSA) is 277 Å². The molecule has 57 heavy (non-hydrogen) atoms. The number of carbonyl (C=O) groups is 1. The number of ether oxygens (including phenoxy) is 2. The molecule has 6 heterocycles. The van der Waals surface area contributed by atoms with Crippen LogP contribution in [0.4, 0.5) is 14.6 Å². The molecule has 10 atom stereocenters. The molecule has 4 aromatic heterocycles. The minimum absolute atomic E-state index is 0.00280. The van der Waals surface area contributed by atoms with Crippen molar-refractivity contribution in [1.82, 2.24) is 34.1 Å². The van der Waals surface area contributed by atoms with Crippen molar-refractivity contribution in [2.24, 2.45) is 5.92 Å². The van der Waals surface area contributed by atoms with Gasteiger partial charge in [0, 0.05) is 17.7 Å². The molecule has 25 heteroatoms. The third-order valence-corrected chi connectivity index (χ3v) is 11.2. The maximum absolute atomic E-state index is 16.2. The Balaban J connectivity index is 1.15. The summed E-state index contributed by atoms with van der Waals surface area (Å²) in [6, 6.07) is 10.1. The Hall–Kier alpha value is -4.85. The quantitative estimate of drug-likeness (QED) is 0.0871. The summed E-state index contributed by atoms with van der Waals surface area (Å²) in [6.45, 7) is -0.340. The Kier molecular flexibility index (Phi) is 12.0. The fourth-order valence-corrected chi connectivity index (χ4v) is 8.45. The number of imidazole rings is 1. The van der Waals surface area contributed by atoms with E-state index in [0.29, 0.717) is 5.56 Å². The second kappa shape index (κ2) is 16.9. The SMILES string of the molecule is C[C@H]1[C@@H](OP(=O)(OCCC#N)OC[C@H]2O[C@@H](n3cnc4c(NC(=O)c5ccccc5)ncnc43)[C@H](F)[C@@H]2O[PH](=O)O)[C@H](n2cc(F)c3c(=O)[nH]cnc32)O[C@@H]1CO. The highest BCUT2D eigenvalue weighted by Gasteiger charge is 2.52. The highest BCUT2D eigenvalue weighted by atomic mass is 31.2. The van der Waals surface area contributed by atoms with E-state index in [4.69, 9.17) is 32.8 Å². The van der Waals surface area contributed by atoms with Gasteiger partial charge in [-0.1, -0.05) is 25.1 Å². The molecule has 0 aliphatic carbocycles. The standard InChI is InChI=1S/C32H33F2N9O12P2/c1-16-19(11-44)52-32(42-10-18(33)21-27(42)37-14-39-30(21)46)24(16)55-57(49,50-9-5-8-35)51-12-20-25(54-56(47)48)22(34)31(53-20)43-15-40-23-26(36-13-38-28(23)43)41-29(45)17-6-3-2-4-7-17/h2-4,6-7,10,13-16,19-20,22,24-25,31-32,44,56H,5,9,11-12H2,1H3,(H,47,48)(H,37,39,46)(H,36,38,41,45)/t16-,19-,20-,22-,24-,25-,31-,32-,57?/m1/s1. The van der Waals surface area contributed by atoms with Gasteiger partial charge in [0.15, 0.2) is 47.1 Å². The number of aromatic amines is 1. The number of hydrogen-bond acceptors (Lipinski definition) is 16. The van der Waals surface area contributed by atoms with Gasteiger partial charge in [0.1, 0.15) is 30.0 Å². The first-order valence-corrected chi connectivity index (χ1v) is 19.8. The summed E-state index contributed by atoms with van der Waals surface area (Å²) in [5, 5.41) is 21.4. The van der Waals surface area contributed by atoms with E-state index in [2.05, 4.69) is 30.2 Å². The largest absolute Gasteiger partial charge is 0.475 e. The van der Waals surface area contributed by atoms with Gasteiger partial charge in [-0.2, -0.15) is 5.26 Å². The summed E-state index contributed by atoms with van der Waals surface area (Å²) in [5.41, 5.74) is -0.582. The van der Waals surface area contributed by atoms with Gasteiger partial charge in [-0.25, -0.2) is 33.3 Å². The van der Waals surface area contributed by atoms with Gasteiger partial charge >= 0.3 is 16.1 Å². The van der Waals surface area contributed by atoms with Crippen molar-refractivity contribution in [3.63, 3.8) is 0 Å². The zero-order chi connectivity index (χ0) is 40.4. The molecule has 7 rings (SSSR count). The number of anilines is 1. The van der Waals surface area contributed by atoms with Crippen molar-refractivity contribution in [2.45, 2.75) is 56.4 Å². The number of nitrogens with zero attached hydrogens (tertiary/aromatic N) is 7. The minimum atomic E-state index is -4.87. The van der Waals surface area contributed by atoms with Crippen LogP contribution in [-0.4, -0.2) is 100 Å². The second-order valence-corrected chi connectivity index (χ2v) is 15.1. The van der Waals surface area contributed by atoms with Crippen molar-refractivity contribution in [1.29, 1.82) is 5.26 Å². The number of nitrogens with one attached hydrogen (secondary N) is 2. The zero-order valence-electron chi connectivity index (χ0n) is 29.5. The molecule has 1 amide bonds. The first-order chi connectivity index (χ1) is 27.4. The van der Waals surface area contributed by atoms with E-state index in [0.717, 1.165) is 34.3 Å². The average molecular weight is 836 g/mol. The smallest absolute Gasteiger partial charge is 0.394 e. The van der Waals surface area contributed by atoms with Crippen molar-refractivity contribution in [3.05, 3.63) is 77.2 Å². The van der Waals surface area contributed by atoms with Crippen LogP contribution >= 0.6 is 16.1 Å². The number of phosphoric acid groups is 1. The van der Waals surface area contributed by atoms with Gasteiger partial charge in [0.25, 0.3) is 11.5 Å². The van der Waals surface area contributed by atoms with Gasteiger partial charge in [-0.3, -0.25) is 32.3 Å². The molecule has 4 N–H and O–H groups in total. The van der Waals surface area contributed by atoms with Gasteiger partial charge in [0.05, 0.1) is 51.1 Å². The maximum Gasteiger partial charge on any atom is 0.475 e. The summed E-state index contributed by atoms with van der Waals surface area (Å²) in [5.74, 6) is -2.27. The average Bonchev–Trinajstić information content (AvgIpc) is 3.94. The van der Waals surface area contributed by atoms with Gasteiger partial charge in [0.2, 0.25) is 0 Å². The van der Waals surface area contributed by atoms with Crippen molar-refractivity contribution >= 4 is 50.0 Å². The number of amides is 1. The lowest BCUT2D eigenvalue weighted by molar-refractivity contribution is -0.0614. The van der Waals surface area contributed by atoms with Crippen LogP contribution < -0.4 is 10.9 Å². The number of benzene rings is 1. The van der Waals surface area contributed by atoms with Gasteiger partial charge in [-0.15, -0.1) is 0 Å². The van der Waals surface area contributed by atoms with Crippen LogP contribution in [0.25, 0.3) is 22.2 Å². The number of aliphatic hydroxyl groups excluding tert-OH is 1. The van der Waals surface area contributed by atoms with E-state index < -0.39 is 108 Å². The van der Waals surface area contributed by atoms with E-state index in [1.54, 1.807) is 37.3 Å². The molecule has 1 aromatic carbocycles. The lowest BCUT2D eigenvalue weighted by Gasteiger charge is -2.28. The van der Waals surface area contributed by atoms with E-state index in [-0.39, 0.29) is 29.0 Å². The monoisotopic (exact) mass is 835 g/mol. The first-order valence-electron chi connectivity index (χ1n) is 17.1. The number of hydrogen-bond donors (Lipinski definition) is 4. The fraction of sp³-hybridized carbons (Fsp3) is 0.406. The molecule has 21 nitrogen and oxygen atoms in total. The van der Waals surface area contributed by atoms with Crippen LogP contribution in [0, 0.1) is 23.1 Å². The maximum atomic E-state index is 16.2. The number of aliphatic hydroxyl groups is 1. The summed E-state index contributed by atoms with van der Waals surface area (Å²) >= 11 is 0. The van der Waals surface area contributed by atoms with E-state index in [1.807, 2.05) is 6.07 Å². The van der Waals surface area contributed by atoms with Gasteiger partial charge in [-0.05, 0) is 12.1 Å². The predicted molar refractivity (Wildman–Crippen MR) is 190 cm³/mol. The number of carbonyl (C=O) groups excluding carboxylic acids is 1. The number of halogens is 2. The number of aromatic nitrogens is 7. The Labute approximate surface area is 320 Å². The van der Waals surface area contributed by atoms with E-state index in [1.165, 1.54) is 0 Å². The molecule has 0 bridgehead atoms. The zero-order valence-corrected chi connectivity index (χ0v) is 31.3. The summed E-state index contributed by atoms with van der Waals surface area (Å²) < 4.78 is 93.6. The summed E-state index contributed by atoms with van der Waals surface area (Å²) in [6.07, 6.45) is -7.00. The van der Waals surface area contributed by atoms with Crippen LogP contribution in [0.2, 0.25) is 0 Å². The Bertz CT molecular complexity index is 2430. The molecule has 2 saturated heterocycles. The third kappa shape index (κ3) is 8.15. The molecule has 2 unspecified atom stereocenters. The van der Waals surface area contributed by atoms with E-state index >= 15 is 4.39 Å². The number of H-pyrrole nitrogens is 1. The Morgan fingerprint density at radius 1 is 1.11 bits per heavy atom. The normalized spacial score (nSPS) is 26.4. The molecule has 5 aromatic rings. The molecule has 2 aliphatic rings. The Morgan fingerprint density at radius 3 is 2.61 bits per heavy atom. The van der Waals surface area contributed by atoms with Crippen molar-refractivity contribution in [2.75, 3.05) is 25.1 Å². The molecular formula is C32H33F2N9O12P2. The molecule has 2 aliphatic heterocycles. The van der Waals surface area contributed by atoms with Crippen LogP contribution in [0.1, 0.15) is 36.2 Å². The predicted octanol–water partition coefficient (Wildman–Crippen LogP) is 2.92. The lowest BCUT2D eigenvalue weighted by Crippen LogP contribution is -2.33. The number of rotatable bonds is 15. The number of alkyl halides is 1. The third-order valence-electron chi connectivity index (χ3n) is 9.24. The molecule has 302 valence electrons. The lowest BCUT2D eigenvalue weighted by atomic mass is 10.0. The van der Waals surface area contributed by atoms with Crippen LogP contribution in [-0.2, 0) is 36.7 Å². The highest BCUT2D eigenvalue weighted by Crippen LogP contribution is 2.56. The summed E-state index contributed by atoms with van der Waals surface area (Å²) in [4.78, 5) is 53.7. The van der Waals surface area contributed by atoms with E-state index in [9.17, 15) is 33.1 Å². The first kappa shape index (κ1) is 40.4. The minimum Gasteiger partial charge on any atom is -0.394 e. The number of fused-ring (bicyclic) bond motifs is 2. The fourth-order valence-electron chi connectivity index (χ4n) is 6.50. The van der Waals surface area contributed by atoms with Crippen molar-refractivity contribution in [3.8, 4) is 6.07 Å². The number of phosphoric ester groups is 1. The molecule has 0 spiro atoms. The van der Waals surface area contributed by atoms with Crippen LogP contribution in [0.3, 0.4) is 0 Å². The van der Waals surface area contributed by atoms with Crippen molar-refractivity contribution < 1.29 is 60.3 Å². The molecule has 0 radical (unpaired) electrons. The summed E-state index contributed by atoms with van der Waals surface area (Å²) in [7, 11) is -8.69. The molecule has 0 saturated carbocycles. The highest BCUT2D eigenvalue weighted by molar-refractivity contribution is 7.48. The number of nitriles is 1. The second-order valence-electron chi connectivity index (χ2n) is 12.7. The Morgan fingerprint density at radius 2 is 1.88 bits per heavy atom. The molecule has 2 fully saturated rings. The molecular weight excluding hydrogens is 802 g/mol.